The van der Waals surface area contributed by atoms with E-state index in [9.17, 15) is 0 Å². The lowest BCUT2D eigenvalue weighted by atomic mass is 10.3. The maximum Gasteiger partial charge on any atom is 0.133 e. The Morgan fingerprint density at radius 2 is 2.18 bits per heavy atom. The van der Waals surface area contributed by atoms with Crippen LogP contribution in [0.5, 0.6) is 0 Å². The molecule has 1 unspecified atom stereocenters. The van der Waals surface area contributed by atoms with Gasteiger partial charge in [-0.05, 0) is 0 Å². The first-order valence-electron chi connectivity index (χ1n) is 3.79. The normalized spacial score (nSPS) is 22.5. The van der Waals surface area contributed by atoms with E-state index < -0.39 is 0 Å². The number of nitrogens with zero attached hydrogens (tertiary/aromatic N) is 2. The minimum atomic E-state index is -0.354. The maximum absolute atomic E-state index is 8.44. The lowest BCUT2D eigenvalue weighted by Crippen LogP contribution is -2.45. The molecule has 1 heterocycles. The molecule has 0 aliphatic carbocycles. The van der Waals surface area contributed by atoms with Crippen LogP contribution in [0.3, 0.4) is 0 Å². The summed E-state index contributed by atoms with van der Waals surface area (Å²) < 4.78 is 0. The number of nitriles is 1. The smallest absolute Gasteiger partial charge is 0.133 e. The number of rotatable bonds is 2. The summed E-state index contributed by atoms with van der Waals surface area (Å²) in [4.78, 5) is 2.21. The second-order valence-electron chi connectivity index (χ2n) is 2.65. The third kappa shape index (κ3) is 3.06. The van der Waals surface area contributed by atoms with Crippen molar-refractivity contribution >= 4 is 11.6 Å². The number of alkyl halides is 1. The van der Waals surface area contributed by atoms with Gasteiger partial charge in [0.05, 0.1) is 6.07 Å². The fourth-order valence-corrected chi connectivity index (χ4v) is 1.36. The van der Waals surface area contributed by atoms with Crippen LogP contribution < -0.4 is 5.32 Å². The van der Waals surface area contributed by atoms with Crippen molar-refractivity contribution < 1.29 is 0 Å². The quantitative estimate of drug-likeness (QED) is 0.599. The molecule has 0 saturated carbocycles. The predicted molar refractivity (Wildman–Crippen MR) is 44.6 cm³/mol. The first-order valence-corrected chi connectivity index (χ1v) is 4.23. The molecule has 0 bridgehead atoms. The van der Waals surface area contributed by atoms with Crippen LogP contribution >= 0.6 is 11.6 Å². The molecule has 62 valence electrons. The third-order valence-corrected chi connectivity index (χ3v) is 2.00. The average Bonchev–Trinajstić information content (AvgIpc) is 2.06. The summed E-state index contributed by atoms with van der Waals surface area (Å²) in [6, 6.07) is 2.02. The lowest BCUT2D eigenvalue weighted by Gasteiger charge is -2.27. The van der Waals surface area contributed by atoms with Gasteiger partial charge in [0.25, 0.3) is 0 Å². The fourth-order valence-electron chi connectivity index (χ4n) is 1.16. The summed E-state index contributed by atoms with van der Waals surface area (Å²) in [5.41, 5.74) is 0. The van der Waals surface area contributed by atoms with E-state index in [1.165, 1.54) is 0 Å². The van der Waals surface area contributed by atoms with E-state index in [4.69, 9.17) is 16.9 Å². The lowest BCUT2D eigenvalue weighted by molar-refractivity contribution is 0.247. The first-order chi connectivity index (χ1) is 5.33. The molecule has 0 aromatic heterocycles. The topological polar surface area (TPSA) is 39.1 Å². The molecule has 1 atom stereocenters. The molecular formula is C7H12ClN3. The van der Waals surface area contributed by atoms with Gasteiger partial charge in [-0.25, -0.2) is 0 Å². The molecule has 1 fully saturated rings. The van der Waals surface area contributed by atoms with Gasteiger partial charge < -0.3 is 5.32 Å². The minimum absolute atomic E-state index is 0.354. The fraction of sp³-hybridized carbons (Fsp3) is 0.857. The first kappa shape index (κ1) is 8.79. The number of hydrogen-bond acceptors (Lipinski definition) is 3. The van der Waals surface area contributed by atoms with Gasteiger partial charge >= 0.3 is 0 Å². The molecule has 0 spiro atoms. The molecule has 4 heteroatoms. The monoisotopic (exact) mass is 173 g/mol. The molecule has 11 heavy (non-hydrogen) atoms. The van der Waals surface area contributed by atoms with Gasteiger partial charge in [0.1, 0.15) is 5.38 Å². The van der Waals surface area contributed by atoms with Gasteiger partial charge in [-0.3, -0.25) is 4.90 Å². The third-order valence-electron chi connectivity index (χ3n) is 1.77. The number of hydrogen-bond donors (Lipinski definition) is 1. The van der Waals surface area contributed by atoms with Crippen molar-refractivity contribution in [3.8, 4) is 6.07 Å². The molecule has 0 aromatic carbocycles. The van der Waals surface area contributed by atoms with Crippen molar-refractivity contribution in [2.75, 3.05) is 32.7 Å². The molecule has 0 radical (unpaired) electrons. The van der Waals surface area contributed by atoms with E-state index in [1.807, 2.05) is 6.07 Å². The minimum Gasteiger partial charge on any atom is -0.314 e. The van der Waals surface area contributed by atoms with Crippen molar-refractivity contribution in [2.45, 2.75) is 5.38 Å². The molecule has 0 amide bonds. The zero-order chi connectivity index (χ0) is 8.10. The zero-order valence-electron chi connectivity index (χ0n) is 6.39. The molecule has 1 N–H and O–H groups in total. The van der Waals surface area contributed by atoms with E-state index in [0.29, 0.717) is 6.54 Å². The van der Waals surface area contributed by atoms with Crippen LogP contribution in [0, 0.1) is 11.3 Å². The molecule has 3 nitrogen and oxygen atoms in total. The Labute approximate surface area is 71.9 Å². The van der Waals surface area contributed by atoms with Crippen LogP contribution in [0.4, 0.5) is 0 Å². The van der Waals surface area contributed by atoms with Crippen LogP contribution in [0.1, 0.15) is 0 Å². The van der Waals surface area contributed by atoms with Crippen molar-refractivity contribution in [1.82, 2.24) is 10.2 Å². The Morgan fingerprint density at radius 1 is 1.55 bits per heavy atom. The van der Waals surface area contributed by atoms with Gasteiger partial charge in [0.15, 0.2) is 0 Å². The molecule has 1 aliphatic heterocycles. The van der Waals surface area contributed by atoms with Crippen LogP contribution in [0.15, 0.2) is 0 Å². The Morgan fingerprint density at radius 3 is 2.73 bits per heavy atom. The average molecular weight is 174 g/mol. The van der Waals surface area contributed by atoms with Crippen LogP contribution in [0.2, 0.25) is 0 Å². The summed E-state index contributed by atoms with van der Waals surface area (Å²) in [6.07, 6.45) is 0. The number of halogens is 1. The Balaban J connectivity index is 2.20. The second kappa shape index (κ2) is 4.55. The standard InChI is InChI=1S/C7H12ClN3/c8-7(5-9)6-11-3-1-10-2-4-11/h7,10H,1-4,6H2. The summed E-state index contributed by atoms with van der Waals surface area (Å²) in [5.74, 6) is 0. The Kier molecular flexibility index (Phi) is 3.64. The predicted octanol–water partition coefficient (Wildman–Crippen LogP) is 0.0226. The largest absolute Gasteiger partial charge is 0.314 e. The van der Waals surface area contributed by atoms with Crippen LogP contribution in [-0.2, 0) is 0 Å². The highest BCUT2D eigenvalue weighted by Gasteiger charge is 2.12. The summed E-state index contributed by atoms with van der Waals surface area (Å²) in [5, 5.41) is 11.3. The number of nitrogens with one attached hydrogen (secondary N) is 1. The summed E-state index contributed by atoms with van der Waals surface area (Å²) >= 11 is 5.68. The summed E-state index contributed by atoms with van der Waals surface area (Å²) in [7, 11) is 0. The molecular weight excluding hydrogens is 162 g/mol. The van der Waals surface area contributed by atoms with Crippen molar-refractivity contribution in [3.63, 3.8) is 0 Å². The maximum atomic E-state index is 8.44. The van der Waals surface area contributed by atoms with E-state index >= 15 is 0 Å². The van der Waals surface area contributed by atoms with E-state index in [-0.39, 0.29) is 5.38 Å². The van der Waals surface area contributed by atoms with E-state index in [2.05, 4.69) is 10.2 Å². The van der Waals surface area contributed by atoms with Crippen molar-refractivity contribution in [3.05, 3.63) is 0 Å². The molecule has 1 saturated heterocycles. The highest BCUT2D eigenvalue weighted by molar-refractivity contribution is 6.22. The van der Waals surface area contributed by atoms with Gasteiger partial charge in [0, 0.05) is 32.7 Å². The second-order valence-corrected chi connectivity index (χ2v) is 3.17. The van der Waals surface area contributed by atoms with E-state index in [0.717, 1.165) is 26.2 Å². The zero-order valence-corrected chi connectivity index (χ0v) is 7.14. The Hall–Kier alpha value is -0.300. The van der Waals surface area contributed by atoms with Crippen molar-refractivity contribution in [2.24, 2.45) is 0 Å². The number of piperazine rings is 1. The van der Waals surface area contributed by atoms with Crippen molar-refractivity contribution in [1.29, 1.82) is 5.26 Å². The van der Waals surface area contributed by atoms with Gasteiger partial charge in [-0.2, -0.15) is 5.26 Å². The van der Waals surface area contributed by atoms with Gasteiger partial charge in [0.2, 0.25) is 0 Å². The SMILES string of the molecule is N#CC(Cl)CN1CCNCC1. The van der Waals surface area contributed by atoms with Gasteiger partial charge in [-0.15, -0.1) is 11.6 Å². The van der Waals surface area contributed by atoms with Gasteiger partial charge in [-0.1, -0.05) is 0 Å². The van der Waals surface area contributed by atoms with E-state index in [1.54, 1.807) is 0 Å². The molecule has 1 aliphatic rings. The Bertz CT molecular complexity index is 148. The highest BCUT2D eigenvalue weighted by atomic mass is 35.5. The van der Waals surface area contributed by atoms with Crippen LogP contribution in [-0.4, -0.2) is 43.0 Å². The van der Waals surface area contributed by atoms with Crippen LogP contribution in [0.25, 0.3) is 0 Å². The summed E-state index contributed by atoms with van der Waals surface area (Å²) in [6.45, 7) is 4.72. The molecule has 0 aromatic rings. The highest BCUT2D eigenvalue weighted by Crippen LogP contribution is 1.99. The molecule has 1 rings (SSSR count).